The van der Waals surface area contributed by atoms with Crippen LogP contribution in [0.25, 0.3) is 0 Å². The minimum Gasteiger partial charge on any atom is -0.305 e. The third kappa shape index (κ3) is 3.15. The number of benzene rings is 1. The lowest BCUT2D eigenvalue weighted by molar-refractivity contribution is -0.384. The van der Waals surface area contributed by atoms with Crippen LogP contribution in [-0.4, -0.2) is 4.92 Å². The lowest BCUT2D eigenvalue weighted by atomic mass is 10.2. The van der Waals surface area contributed by atoms with Gasteiger partial charge in [0.25, 0.3) is 5.69 Å². The first kappa shape index (κ1) is 12.7. The first-order valence-electron chi connectivity index (χ1n) is 5.67. The zero-order valence-electron chi connectivity index (χ0n) is 10.00. The van der Waals surface area contributed by atoms with Crippen molar-refractivity contribution in [1.82, 2.24) is 5.32 Å². The molecule has 0 spiro atoms. The van der Waals surface area contributed by atoms with E-state index in [9.17, 15) is 10.1 Å². The van der Waals surface area contributed by atoms with E-state index in [4.69, 9.17) is 0 Å². The molecule has 2 rings (SSSR count). The predicted molar refractivity (Wildman–Crippen MR) is 72.7 cm³/mol. The van der Waals surface area contributed by atoms with E-state index in [0.717, 1.165) is 5.56 Å². The fraction of sp³-hybridized carbons (Fsp3) is 0.231. The van der Waals surface area contributed by atoms with Gasteiger partial charge in [-0.3, -0.25) is 10.1 Å². The van der Waals surface area contributed by atoms with Crippen molar-refractivity contribution in [2.45, 2.75) is 19.5 Å². The van der Waals surface area contributed by atoms with Crippen molar-refractivity contribution in [3.63, 3.8) is 0 Å². The number of nitrogens with one attached hydrogen (secondary N) is 1. The zero-order chi connectivity index (χ0) is 13.0. The van der Waals surface area contributed by atoms with Gasteiger partial charge < -0.3 is 5.32 Å². The zero-order valence-corrected chi connectivity index (χ0v) is 10.8. The molecule has 18 heavy (non-hydrogen) atoms. The van der Waals surface area contributed by atoms with Gasteiger partial charge in [-0.1, -0.05) is 18.2 Å². The van der Waals surface area contributed by atoms with E-state index in [1.165, 1.54) is 17.0 Å². The molecular weight excluding hydrogens is 248 g/mol. The van der Waals surface area contributed by atoms with Crippen LogP contribution in [0.1, 0.15) is 23.4 Å². The van der Waals surface area contributed by atoms with Crippen molar-refractivity contribution < 1.29 is 4.92 Å². The van der Waals surface area contributed by atoms with E-state index < -0.39 is 0 Å². The molecule has 1 atom stereocenters. The number of hydrogen-bond acceptors (Lipinski definition) is 4. The van der Waals surface area contributed by atoms with E-state index >= 15 is 0 Å². The molecule has 1 aromatic carbocycles. The SMILES string of the molecule is C[C@@H](NCc1ccc([N+](=O)[O-])cc1)c1cccs1. The Morgan fingerprint density at radius 2 is 2.06 bits per heavy atom. The fourth-order valence-electron chi connectivity index (χ4n) is 1.64. The number of non-ortho nitro benzene ring substituents is 1. The highest BCUT2D eigenvalue weighted by Gasteiger charge is 2.07. The van der Waals surface area contributed by atoms with Gasteiger partial charge in [-0.2, -0.15) is 0 Å². The van der Waals surface area contributed by atoms with Crippen molar-refractivity contribution in [2.75, 3.05) is 0 Å². The Kier molecular flexibility index (Phi) is 4.07. The third-order valence-electron chi connectivity index (χ3n) is 2.73. The summed E-state index contributed by atoms with van der Waals surface area (Å²) >= 11 is 1.72. The Labute approximate surface area is 109 Å². The average molecular weight is 262 g/mol. The van der Waals surface area contributed by atoms with Gasteiger partial charge in [0.2, 0.25) is 0 Å². The van der Waals surface area contributed by atoms with E-state index in [0.29, 0.717) is 12.6 Å². The van der Waals surface area contributed by atoms with Gasteiger partial charge in [-0.15, -0.1) is 11.3 Å². The fourth-order valence-corrected chi connectivity index (χ4v) is 2.40. The summed E-state index contributed by atoms with van der Waals surface area (Å²) in [7, 11) is 0. The van der Waals surface area contributed by atoms with E-state index in [1.807, 2.05) is 6.07 Å². The molecule has 0 aliphatic rings. The van der Waals surface area contributed by atoms with Gasteiger partial charge >= 0.3 is 0 Å². The van der Waals surface area contributed by atoms with Crippen LogP contribution >= 0.6 is 11.3 Å². The largest absolute Gasteiger partial charge is 0.305 e. The van der Waals surface area contributed by atoms with Crippen molar-refractivity contribution in [1.29, 1.82) is 0 Å². The molecule has 5 heteroatoms. The maximum atomic E-state index is 10.5. The summed E-state index contributed by atoms with van der Waals surface area (Å²) in [5, 5.41) is 16.0. The smallest absolute Gasteiger partial charge is 0.269 e. The van der Waals surface area contributed by atoms with Crippen molar-refractivity contribution in [3.8, 4) is 0 Å². The highest BCUT2D eigenvalue weighted by atomic mass is 32.1. The summed E-state index contributed by atoms with van der Waals surface area (Å²) in [6.07, 6.45) is 0. The summed E-state index contributed by atoms with van der Waals surface area (Å²) in [5.41, 5.74) is 1.18. The summed E-state index contributed by atoms with van der Waals surface area (Å²) in [6.45, 7) is 2.81. The van der Waals surface area contributed by atoms with Gasteiger partial charge in [-0.25, -0.2) is 0 Å². The molecule has 1 heterocycles. The van der Waals surface area contributed by atoms with Gasteiger partial charge in [-0.05, 0) is 23.9 Å². The molecule has 0 amide bonds. The molecule has 1 N–H and O–H groups in total. The highest BCUT2D eigenvalue weighted by Crippen LogP contribution is 2.19. The lowest BCUT2D eigenvalue weighted by Gasteiger charge is -2.11. The van der Waals surface area contributed by atoms with Crippen molar-refractivity contribution in [2.24, 2.45) is 0 Å². The van der Waals surface area contributed by atoms with Crippen LogP contribution in [0.5, 0.6) is 0 Å². The monoisotopic (exact) mass is 262 g/mol. The second kappa shape index (κ2) is 5.75. The average Bonchev–Trinajstić information content (AvgIpc) is 2.90. The van der Waals surface area contributed by atoms with Crippen LogP contribution in [0, 0.1) is 10.1 Å². The standard InChI is InChI=1S/C13H14N2O2S/c1-10(13-3-2-8-18-13)14-9-11-4-6-12(7-5-11)15(16)17/h2-8,10,14H,9H2,1H3/t10-/m1/s1. The van der Waals surface area contributed by atoms with Crippen LogP contribution in [0.2, 0.25) is 0 Å². The molecule has 2 aromatic rings. The molecule has 1 aromatic heterocycles. The first-order valence-corrected chi connectivity index (χ1v) is 6.55. The first-order chi connectivity index (χ1) is 8.66. The Morgan fingerprint density at radius 3 is 2.61 bits per heavy atom. The second-order valence-corrected chi connectivity index (χ2v) is 5.02. The Morgan fingerprint density at radius 1 is 1.33 bits per heavy atom. The van der Waals surface area contributed by atoms with Gasteiger partial charge in [0, 0.05) is 29.6 Å². The maximum Gasteiger partial charge on any atom is 0.269 e. The topological polar surface area (TPSA) is 55.2 Å². The van der Waals surface area contributed by atoms with Crippen LogP contribution in [0.4, 0.5) is 5.69 Å². The number of nitro groups is 1. The Hall–Kier alpha value is -1.72. The van der Waals surface area contributed by atoms with Crippen LogP contribution in [-0.2, 0) is 6.54 Å². The molecule has 0 saturated carbocycles. The minimum atomic E-state index is -0.383. The Balaban J connectivity index is 1.92. The van der Waals surface area contributed by atoms with Crippen LogP contribution in [0.15, 0.2) is 41.8 Å². The second-order valence-electron chi connectivity index (χ2n) is 4.04. The molecule has 0 fully saturated rings. The van der Waals surface area contributed by atoms with E-state index in [-0.39, 0.29) is 10.6 Å². The summed E-state index contributed by atoms with van der Waals surface area (Å²) in [5.74, 6) is 0. The minimum absolute atomic E-state index is 0.130. The number of thiophene rings is 1. The molecule has 94 valence electrons. The maximum absolute atomic E-state index is 10.5. The van der Waals surface area contributed by atoms with Gasteiger partial charge in [0.05, 0.1) is 4.92 Å². The number of hydrogen-bond donors (Lipinski definition) is 1. The highest BCUT2D eigenvalue weighted by molar-refractivity contribution is 7.10. The lowest BCUT2D eigenvalue weighted by Crippen LogP contribution is -2.17. The van der Waals surface area contributed by atoms with E-state index in [1.54, 1.807) is 23.5 Å². The van der Waals surface area contributed by atoms with Crippen LogP contribution < -0.4 is 5.32 Å². The molecule has 0 unspecified atom stereocenters. The molecule has 4 nitrogen and oxygen atoms in total. The molecule has 0 aliphatic carbocycles. The molecule has 0 aliphatic heterocycles. The van der Waals surface area contributed by atoms with Crippen molar-refractivity contribution >= 4 is 17.0 Å². The van der Waals surface area contributed by atoms with Crippen LogP contribution in [0.3, 0.4) is 0 Å². The number of nitrogens with zero attached hydrogens (tertiary/aromatic N) is 1. The number of rotatable bonds is 5. The Bertz CT molecular complexity index is 508. The molecule has 0 saturated heterocycles. The molecule has 0 bridgehead atoms. The van der Waals surface area contributed by atoms with Crippen molar-refractivity contribution in [3.05, 3.63) is 62.3 Å². The predicted octanol–water partition coefficient (Wildman–Crippen LogP) is 3.51. The van der Waals surface area contributed by atoms with E-state index in [2.05, 4.69) is 23.7 Å². The van der Waals surface area contributed by atoms with Gasteiger partial charge in [0.1, 0.15) is 0 Å². The van der Waals surface area contributed by atoms with Gasteiger partial charge in [0.15, 0.2) is 0 Å². The summed E-state index contributed by atoms with van der Waals surface area (Å²) in [4.78, 5) is 11.4. The third-order valence-corrected chi connectivity index (χ3v) is 3.78. The quantitative estimate of drug-likeness (QED) is 0.662. The molecule has 0 radical (unpaired) electrons. The summed E-state index contributed by atoms with van der Waals surface area (Å²) in [6, 6.07) is 11.1. The normalized spacial score (nSPS) is 12.3. The summed E-state index contributed by atoms with van der Waals surface area (Å²) < 4.78 is 0. The number of nitro benzene ring substituents is 1. The molecular formula is C13H14N2O2S.